The average molecular weight is 440 g/mol. The van der Waals surface area contributed by atoms with Gasteiger partial charge in [0.2, 0.25) is 11.7 Å². The fourth-order valence-electron chi connectivity index (χ4n) is 2.98. The maximum absolute atomic E-state index is 12.5. The predicted molar refractivity (Wildman–Crippen MR) is 117 cm³/mol. The third-order valence-electron chi connectivity index (χ3n) is 4.70. The molecular formula is C22H21N3O3S2. The molecule has 8 heteroatoms. The van der Waals surface area contributed by atoms with Crippen LogP contribution in [-0.4, -0.2) is 29.3 Å². The van der Waals surface area contributed by atoms with Crippen LogP contribution in [0.15, 0.2) is 63.3 Å². The third kappa shape index (κ3) is 4.49. The van der Waals surface area contributed by atoms with Crippen molar-refractivity contribution in [1.29, 1.82) is 0 Å². The van der Waals surface area contributed by atoms with Crippen LogP contribution in [-0.2, 0) is 22.7 Å². The summed E-state index contributed by atoms with van der Waals surface area (Å²) in [6.45, 7) is 4.00. The minimum atomic E-state index is -3.41. The first-order valence-corrected chi connectivity index (χ1v) is 12.1. The van der Waals surface area contributed by atoms with Crippen molar-refractivity contribution in [3.8, 4) is 22.6 Å². The summed E-state index contributed by atoms with van der Waals surface area (Å²) in [5.74, 6) is 0.648. The van der Waals surface area contributed by atoms with Crippen LogP contribution in [0.25, 0.3) is 22.6 Å². The lowest BCUT2D eigenvalue weighted by Crippen LogP contribution is -2.09. The van der Waals surface area contributed by atoms with Crippen LogP contribution in [0.5, 0.6) is 0 Å². The van der Waals surface area contributed by atoms with E-state index >= 15 is 0 Å². The number of sulfone groups is 1. The van der Waals surface area contributed by atoms with Crippen molar-refractivity contribution in [3.05, 3.63) is 70.4 Å². The fourth-order valence-corrected chi connectivity index (χ4v) is 4.97. The molecule has 0 fully saturated rings. The number of hydrogen-bond donors (Lipinski definition) is 0. The zero-order valence-electron chi connectivity index (χ0n) is 16.7. The maximum atomic E-state index is 12.5. The molecule has 2 aromatic carbocycles. The average Bonchev–Trinajstić information content (AvgIpc) is 3.43. The predicted octanol–water partition coefficient (Wildman–Crippen LogP) is 4.75. The quantitative estimate of drug-likeness (QED) is 0.413. The molecule has 0 radical (unpaired) electrons. The molecule has 2 heterocycles. The zero-order chi connectivity index (χ0) is 21.1. The van der Waals surface area contributed by atoms with Gasteiger partial charge in [-0.15, -0.1) is 11.3 Å². The molecule has 0 spiro atoms. The molecule has 2 aromatic heterocycles. The highest BCUT2D eigenvalue weighted by Gasteiger charge is 2.17. The molecular weight excluding hydrogens is 418 g/mol. The number of nitrogens with zero attached hydrogens (tertiary/aromatic N) is 3. The molecule has 0 atom stereocenters. The van der Waals surface area contributed by atoms with Crippen molar-refractivity contribution in [3.63, 3.8) is 0 Å². The number of aryl methyl sites for hydroxylation is 3. The van der Waals surface area contributed by atoms with Crippen LogP contribution in [0.1, 0.15) is 23.4 Å². The highest BCUT2D eigenvalue weighted by Crippen LogP contribution is 2.26. The SMILES string of the molecule is CCc1nc(-c2cccc(-c3noc(CCS(=O)(=O)c4ccc(C)cc4)n3)c2)cs1. The normalized spacial score (nSPS) is 11.7. The van der Waals surface area contributed by atoms with Crippen molar-refractivity contribution >= 4 is 21.2 Å². The van der Waals surface area contributed by atoms with E-state index in [-0.39, 0.29) is 12.2 Å². The van der Waals surface area contributed by atoms with Gasteiger partial charge >= 0.3 is 0 Å². The molecule has 0 aliphatic rings. The second kappa shape index (κ2) is 8.49. The van der Waals surface area contributed by atoms with Gasteiger partial charge in [-0.05, 0) is 31.5 Å². The molecule has 0 unspecified atom stereocenters. The number of rotatable bonds is 7. The Bertz CT molecular complexity index is 1260. The smallest absolute Gasteiger partial charge is 0.227 e. The van der Waals surface area contributed by atoms with Gasteiger partial charge in [0, 0.05) is 22.9 Å². The summed E-state index contributed by atoms with van der Waals surface area (Å²) in [4.78, 5) is 9.31. The zero-order valence-corrected chi connectivity index (χ0v) is 18.3. The molecule has 4 rings (SSSR count). The standard InChI is InChI=1S/C22H21N3O3S2/c1-3-21-23-19(14-29-21)16-5-4-6-17(13-16)22-24-20(28-25-22)11-12-30(26,27)18-9-7-15(2)8-10-18/h4-10,13-14H,3,11-12H2,1-2H3. The highest BCUT2D eigenvalue weighted by atomic mass is 32.2. The van der Waals surface area contributed by atoms with Gasteiger partial charge in [0.15, 0.2) is 9.84 Å². The molecule has 0 N–H and O–H groups in total. The maximum Gasteiger partial charge on any atom is 0.227 e. The van der Waals surface area contributed by atoms with E-state index in [0.29, 0.717) is 16.6 Å². The monoisotopic (exact) mass is 439 g/mol. The Balaban J connectivity index is 1.49. The Morgan fingerprint density at radius 3 is 2.53 bits per heavy atom. The second-order valence-electron chi connectivity index (χ2n) is 6.95. The molecule has 4 aromatic rings. The number of hydrogen-bond acceptors (Lipinski definition) is 7. The van der Waals surface area contributed by atoms with Crippen LogP contribution >= 0.6 is 11.3 Å². The van der Waals surface area contributed by atoms with E-state index in [0.717, 1.165) is 33.8 Å². The second-order valence-corrected chi connectivity index (χ2v) is 10.0. The molecule has 0 saturated carbocycles. The van der Waals surface area contributed by atoms with Gasteiger partial charge < -0.3 is 4.52 Å². The van der Waals surface area contributed by atoms with Gasteiger partial charge in [0.1, 0.15) is 0 Å². The molecule has 6 nitrogen and oxygen atoms in total. The van der Waals surface area contributed by atoms with Crippen LogP contribution in [0.2, 0.25) is 0 Å². The van der Waals surface area contributed by atoms with E-state index in [1.54, 1.807) is 35.6 Å². The first-order valence-electron chi connectivity index (χ1n) is 9.62. The van der Waals surface area contributed by atoms with E-state index in [4.69, 9.17) is 4.52 Å². The molecule has 0 aliphatic heterocycles. The minimum absolute atomic E-state index is 0.0870. The van der Waals surface area contributed by atoms with Crippen LogP contribution in [0.3, 0.4) is 0 Å². The van der Waals surface area contributed by atoms with Gasteiger partial charge in [0.25, 0.3) is 0 Å². The molecule has 0 amide bonds. The van der Waals surface area contributed by atoms with Crippen LogP contribution in [0, 0.1) is 6.92 Å². The summed E-state index contributed by atoms with van der Waals surface area (Å²) in [5.41, 5.74) is 3.72. The molecule has 0 bridgehead atoms. The van der Waals surface area contributed by atoms with E-state index in [1.807, 2.05) is 36.6 Å². The van der Waals surface area contributed by atoms with E-state index in [9.17, 15) is 8.42 Å². The first kappa shape index (κ1) is 20.4. The summed E-state index contributed by atoms with van der Waals surface area (Å²) in [6.07, 6.45) is 1.07. The van der Waals surface area contributed by atoms with E-state index in [2.05, 4.69) is 22.0 Å². The fraction of sp³-hybridized carbons (Fsp3) is 0.227. The van der Waals surface area contributed by atoms with Crippen LogP contribution < -0.4 is 0 Å². The first-order chi connectivity index (χ1) is 14.4. The van der Waals surface area contributed by atoms with Crippen LogP contribution in [0.4, 0.5) is 0 Å². The lowest BCUT2D eigenvalue weighted by molar-refractivity contribution is 0.382. The molecule has 30 heavy (non-hydrogen) atoms. The van der Waals surface area contributed by atoms with Crippen molar-refractivity contribution in [1.82, 2.24) is 15.1 Å². The van der Waals surface area contributed by atoms with Crippen molar-refractivity contribution < 1.29 is 12.9 Å². The summed E-state index contributed by atoms with van der Waals surface area (Å²) < 4.78 is 30.3. The molecule has 0 aliphatic carbocycles. The lowest BCUT2D eigenvalue weighted by Gasteiger charge is -2.03. The Hall–Kier alpha value is -2.84. The summed E-state index contributed by atoms with van der Waals surface area (Å²) in [7, 11) is -3.41. The van der Waals surface area contributed by atoms with Gasteiger partial charge in [-0.25, -0.2) is 13.4 Å². The third-order valence-corrected chi connectivity index (χ3v) is 7.43. The van der Waals surface area contributed by atoms with Gasteiger partial charge in [0.05, 0.1) is 21.3 Å². The summed E-state index contributed by atoms with van der Waals surface area (Å²) >= 11 is 1.64. The van der Waals surface area contributed by atoms with Gasteiger partial charge in [-0.2, -0.15) is 4.98 Å². The number of thiazole rings is 1. The van der Waals surface area contributed by atoms with Crippen molar-refractivity contribution in [2.24, 2.45) is 0 Å². The summed E-state index contributed by atoms with van der Waals surface area (Å²) in [6, 6.07) is 14.6. The largest absolute Gasteiger partial charge is 0.339 e. The minimum Gasteiger partial charge on any atom is -0.339 e. The van der Waals surface area contributed by atoms with E-state index in [1.165, 1.54) is 0 Å². The van der Waals surface area contributed by atoms with Crippen molar-refractivity contribution in [2.75, 3.05) is 5.75 Å². The topological polar surface area (TPSA) is 86.0 Å². The number of aromatic nitrogens is 3. The Kier molecular flexibility index (Phi) is 5.78. The number of benzene rings is 2. The van der Waals surface area contributed by atoms with Crippen molar-refractivity contribution in [2.45, 2.75) is 31.6 Å². The van der Waals surface area contributed by atoms with Gasteiger partial charge in [-0.3, -0.25) is 0 Å². The molecule has 0 saturated heterocycles. The highest BCUT2D eigenvalue weighted by molar-refractivity contribution is 7.91. The van der Waals surface area contributed by atoms with Gasteiger partial charge in [-0.1, -0.05) is 48.0 Å². The van der Waals surface area contributed by atoms with E-state index < -0.39 is 9.84 Å². The molecule has 154 valence electrons. The Labute approximate surface area is 179 Å². The lowest BCUT2D eigenvalue weighted by atomic mass is 10.1. The summed E-state index contributed by atoms with van der Waals surface area (Å²) in [5, 5.41) is 7.16. The Morgan fingerprint density at radius 1 is 1.03 bits per heavy atom. The Morgan fingerprint density at radius 2 is 1.80 bits per heavy atom.